The van der Waals surface area contributed by atoms with Gasteiger partial charge in [-0.1, -0.05) is 25.7 Å². The van der Waals surface area contributed by atoms with Crippen molar-refractivity contribution in [2.24, 2.45) is 11.5 Å². The molecule has 0 spiro atoms. The molecule has 88 valence electrons. The predicted octanol–water partition coefficient (Wildman–Crippen LogP) is 1.12. The molecule has 0 heterocycles. The molecule has 5 N–H and O–H groups in total. The third-order valence-corrected chi connectivity index (χ3v) is 4.07. The molecule has 2 aliphatic carbocycles. The summed E-state index contributed by atoms with van der Waals surface area (Å²) in [7, 11) is 0. The van der Waals surface area contributed by atoms with Crippen LogP contribution >= 0.6 is 0 Å². The van der Waals surface area contributed by atoms with Crippen molar-refractivity contribution < 1.29 is 0 Å². The molecule has 0 radical (unpaired) electrons. The van der Waals surface area contributed by atoms with Crippen LogP contribution in [-0.4, -0.2) is 24.2 Å². The second-order valence-corrected chi connectivity index (χ2v) is 5.28. The molecule has 2 fully saturated rings. The fraction of sp³-hybridized carbons (Fsp3) is 1.00. The first-order valence-electron chi connectivity index (χ1n) is 6.54. The number of rotatable bonds is 2. The molecule has 2 aliphatic rings. The van der Waals surface area contributed by atoms with Gasteiger partial charge in [-0.15, -0.1) is 0 Å². The van der Waals surface area contributed by atoms with E-state index in [1.165, 1.54) is 51.4 Å². The second-order valence-electron chi connectivity index (χ2n) is 5.28. The van der Waals surface area contributed by atoms with Gasteiger partial charge in [0, 0.05) is 24.2 Å². The Balaban J connectivity index is 1.83. The fourth-order valence-electron chi connectivity index (χ4n) is 3.01. The first-order chi connectivity index (χ1) is 7.27. The molecule has 2 rings (SSSR count). The van der Waals surface area contributed by atoms with Gasteiger partial charge in [-0.2, -0.15) is 0 Å². The third-order valence-electron chi connectivity index (χ3n) is 4.07. The van der Waals surface area contributed by atoms with Gasteiger partial charge in [0.1, 0.15) is 0 Å². The number of nitrogens with one attached hydrogen (secondary N) is 1. The van der Waals surface area contributed by atoms with Crippen LogP contribution in [0.5, 0.6) is 0 Å². The lowest BCUT2D eigenvalue weighted by Gasteiger charge is -2.37. The van der Waals surface area contributed by atoms with Crippen LogP contribution in [0.15, 0.2) is 0 Å². The van der Waals surface area contributed by atoms with Crippen molar-refractivity contribution >= 4 is 0 Å². The lowest BCUT2D eigenvalue weighted by Crippen LogP contribution is -2.56. The normalized spacial score (nSPS) is 42.8. The van der Waals surface area contributed by atoms with Gasteiger partial charge in [-0.05, 0) is 25.7 Å². The first-order valence-corrected chi connectivity index (χ1v) is 6.54. The highest BCUT2D eigenvalue weighted by Gasteiger charge is 2.28. The molecule has 15 heavy (non-hydrogen) atoms. The SMILES string of the molecule is NC1CCCCC1NC1CCCCC1N. The smallest absolute Gasteiger partial charge is 0.0222 e. The Morgan fingerprint density at radius 1 is 0.667 bits per heavy atom. The average molecular weight is 211 g/mol. The summed E-state index contributed by atoms with van der Waals surface area (Å²) in [6, 6.07) is 1.75. The van der Waals surface area contributed by atoms with Gasteiger partial charge >= 0.3 is 0 Å². The molecule has 2 saturated carbocycles. The van der Waals surface area contributed by atoms with Crippen molar-refractivity contribution in [3.8, 4) is 0 Å². The summed E-state index contributed by atoms with van der Waals surface area (Å²) >= 11 is 0. The molecule has 3 heteroatoms. The van der Waals surface area contributed by atoms with E-state index in [-0.39, 0.29) is 0 Å². The number of hydrogen-bond acceptors (Lipinski definition) is 3. The molecule has 0 aromatic heterocycles. The molecule has 0 aliphatic heterocycles. The van der Waals surface area contributed by atoms with Crippen molar-refractivity contribution in [2.75, 3.05) is 0 Å². The lowest BCUT2D eigenvalue weighted by atomic mass is 9.86. The maximum absolute atomic E-state index is 6.14. The second kappa shape index (κ2) is 5.28. The van der Waals surface area contributed by atoms with Crippen LogP contribution in [0.3, 0.4) is 0 Å². The van der Waals surface area contributed by atoms with Crippen molar-refractivity contribution in [1.82, 2.24) is 5.32 Å². The molecule has 0 bridgehead atoms. The maximum Gasteiger partial charge on any atom is 0.0222 e. The molecule has 0 aromatic carbocycles. The summed E-state index contributed by atoms with van der Waals surface area (Å²) in [5.41, 5.74) is 12.3. The zero-order valence-corrected chi connectivity index (χ0v) is 9.62. The zero-order chi connectivity index (χ0) is 10.7. The lowest BCUT2D eigenvalue weighted by molar-refractivity contribution is 0.248. The Morgan fingerprint density at radius 3 is 1.47 bits per heavy atom. The van der Waals surface area contributed by atoms with Gasteiger partial charge in [-0.3, -0.25) is 0 Å². The Bertz CT molecular complexity index is 175. The van der Waals surface area contributed by atoms with Crippen LogP contribution in [0.2, 0.25) is 0 Å². The van der Waals surface area contributed by atoms with Crippen molar-refractivity contribution in [1.29, 1.82) is 0 Å². The van der Waals surface area contributed by atoms with E-state index in [0.717, 1.165) is 0 Å². The quantitative estimate of drug-likeness (QED) is 0.641. The van der Waals surface area contributed by atoms with Gasteiger partial charge in [0.25, 0.3) is 0 Å². The Labute approximate surface area is 93.0 Å². The molecule has 4 unspecified atom stereocenters. The molecule has 3 nitrogen and oxygen atoms in total. The topological polar surface area (TPSA) is 64.1 Å². The largest absolute Gasteiger partial charge is 0.326 e. The molecule has 0 saturated heterocycles. The van der Waals surface area contributed by atoms with Crippen LogP contribution in [0.1, 0.15) is 51.4 Å². The summed E-state index contributed by atoms with van der Waals surface area (Å²) in [6.07, 6.45) is 10.1. The van der Waals surface area contributed by atoms with Gasteiger partial charge in [0.15, 0.2) is 0 Å². The minimum Gasteiger partial charge on any atom is -0.326 e. The van der Waals surface area contributed by atoms with Crippen molar-refractivity contribution in [2.45, 2.75) is 75.5 Å². The van der Waals surface area contributed by atoms with Crippen molar-refractivity contribution in [3.05, 3.63) is 0 Å². The van der Waals surface area contributed by atoms with E-state index < -0.39 is 0 Å². The van der Waals surface area contributed by atoms with Crippen LogP contribution < -0.4 is 16.8 Å². The van der Waals surface area contributed by atoms with Gasteiger partial charge < -0.3 is 16.8 Å². The van der Waals surface area contributed by atoms with Crippen molar-refractivity contribution in [3.63, 3.8) is 0 Å². The van der Waals surface area contributed by atoms with E-state index in [9.17, 15) is 0 Å². The average Bonchev–Trinajstić information content (AvgIpc) is 2.24. The van der Waals surface area contributed by atoms with Crippen LogP contribution in [0, 0.1) is 0 Å². The number of nitrogens with two attached hydrogens (primary N) is 2. The van der Waals surface area contributed by atoms with Gasteiger partial charge in [0.2, 0.25) is 0 Å². The monoisotopic (exact) mass is 211 g/mol. The van der Waals surface area contributed by atoms with E-state index in [1.54, 1.807) is 0 Å². The minimum atomic E-state index is 0.355. The first kappa shape index (κ1) is 11.4. The maximum atomic E-state index is 6.14. The van der Waals surface area contributed by atoms with E-state index >= 15 is 0 Å². The third kappa shape index (κ3) is 2.92. The summed E-state index contributed by atoms with van der Waals surface area (Å²) in [5.74, 6) is 0. The zero-order valence-electron chi connectivity index (χ0n) is 9.62. The van der Waals surface area contributed by atoms with Gasteiger partial charge in [-0.25, -0.2) is 0 Å². The van der Waals surface area contributed by atoms with E-state index in [1.807, 2.05) is 0 Å². The summed E-state index contributed by atoms with van der Waals surface area (Å²) < 4.78 is 0. The van der Waals surface area contributed by atoms with Crippen LogP contribution in [-0.2, 0) is 0 Å². The van der Waals surface area contributed by atoms with Crippen LogP contribution in [0.4, 0.5) is 0 Å². The molecule has 0 aromatic rings. The van der Waals surface area contributed by atoms with Gasteiger partial charge in [0.05, 0.1) is 0 Å². The molecule has 4 atom stereocenters. The van der Waals surface area contributed by atoms with E-state index in [0.29, 0.717) is 24.2 Å². The van der Waals surface area contributed by atoms with E-state index in [4.69, 9.17) is 11.5 Å². The molecule has 0 amide bonds. The Kier molecular flexibility index (Phi) is 4.00. The Hall–Kier alpha value is -0.120. The summed E-state index contributed by atoms with van der Waals surface area (Å²) in [6.45, 7) is 0. The highest BCUT2D eigenvalue weighted by molar-refractivity contribution is 4.91. The number of hydrogen-bond donors (Lipinski definition) is 3. The van der Waals surface area contributed by atoms with Crippen LogP contribution in [0.25, 0.3) is 0 Å². The summed E-state index contributed by atoms with van der Waals surface area (Å²) in [5, 5.41) is 3.71. The Morgan fingerprint density at radius 2 is 1.07 bits per heavy atom. The standard InChI is InChI=1S/C12H25N3/c13-9-5-1-3-7-11(9)15-12-8-4-2-6-10(12)14/h9-12,15H,1-8,13-14H2. The molecular formula is C12H25N3. The molecular weight excluding hydrogens is 186 g/mol. The van der Waals surface area contributed by atoms with E-state index in [2.05, 4.69) is 5.32 Å². The summed E-state index contributed by atoms with van der Waals surface area (Å²) in [4.78, 5) is 0. The minimum absolute atomic E-state index is 0.355. The highest BCUT2D eigenvalue weighted by atomic mass is 15.0. The predicted molar refractivity (Wildman–Crippen MR) is 63.6 cm³/mol. The highest BCUT2D eigenvalue weighted by Crippen LogP contribution is 2.21. The fourth-order valence-corrected chi connectivity index (χ4v) is 3.01.